The molecule has 0 saturated heterocycles. The van der Waals surface area contributed by atoms with Crippen LogP contribution in [0.15, 0.2) is 18.2 Å². The highest BCUT2D eigenvalue weighted by Gasteiger charge is 2.27. The number of fused-ring (bicyclic) bond motifs is 1. The number of carbonyl (C=O) groups is 2. The maximum atomic E-state index is 12.3. The highest BCUT2D eigenvalue weighted by atomic mass is 16.4. The molecule has 0 aliphatic carbocycles. The van der Waals surface area contributed by atoms with Crippen LogP contribution in [0, 0.1) is 0 Å². The number of aliphatic carboxylic acids is 1. The summed E-state index contributed by atoms with van der Waals surface area (Å²) in [6, 6.07) is 5.95. The van der Waals surface area contributed by atoms with E-state index in [-0.39, 0.29) is 17.9 Å². The highest BCUT2D eigenvalue weighted by Crippen LogP contribution is 2.27. The molecule has 1 amide bonds. The molecule has 1 N–H and O–H groups in total. The van der Waals surface area contributed by atoms with Crippen molar-refractivity contribution in [3.05, 3.63) is 34.9 Å². The van der Waals surface area contributed by atoms with Crippen molar-refractivity contribution in [2.45, 2.75) is 32.6 Å². The van der Waals surface area contributed by atoms with Gasteiger partial charge in [0.1, 0.15) is 6.54 Å². The maximum Gasteiger partial charge on any atom is 0.323 e. The van der Waals surface area contributed by atoms with Crippen molar-refractivity contribution < 1.29 is 14.7 Å². The lowest BCUT2D eigenvalue weighted by atomic mass is 9.84. The van der Waals surface area contributed by atoms with E-state index in [1.807, 2.05) is 12.1 Å². The highest BCUT2D eigenvalue weighted by molar-refractivity contribution is 5.98. The molecule has 1 aliphatic rings. The summed E-state index contributed by atoms with van der Waals surface area (Å²) >= 11 is 0. The largest absolute Gasteiger partial charge is 0.480 e. The van der Waals surface area contributed by atoms with Gasteiger partial charge in [0.2, 0.25) is 0 Å². The number of hydrogen-bond donors (Lipinski definition) is 1. The van der Waals surface area contributed by atoms with Gasteiger partial charge in [0.15, 0.2) is 0 Å². The first-order valence-corrected chi connectivity index (χ1v) is 6.43. The fourth-order valence-electron chi connectivity index (χ4n) is 2.30. The Balaban J connectivity index is 2.36. The predicted octanol–water partition coefficient (Wildman–Crippen LogP) is 2.07. The summed E-state index contributed by atoms with van der Waals surface area (Å²) in [6.45, 7) is 6.54. The van der Waals surface area contributed by atoms with Gasteiger partial charge in [0, 0.05) is 12.1 Å². The predicted molar refractivity (Wildman–Crippen MR) is 72.4 cm³/mol. The van der Waals surface area contributed by atoms with E-state index in [1.165, 1.54) is 4.90 Å². The molecule has 4 nitrogen and oxygen atoms in total. The van der Waals surface area contributed by atoms with Gasteiger partial charge >= 0.3 is 5.97 Å². The molecule has 102 valence electrons. The first-order valence-electron chi connectivity index (χ1n) is 6.43. The zero-order chi connectivity index (χ0) is 14.2. The summed E-state index contributed by atoms with van der Waals surface area (Å²) in [5, 5.41) is 8.82. The number of rotatable bonds is 2. The fourth-order valence-corrected chi connectivity index (χ4v) is 2.30. The molecular weight excluding hydrogens is 242 g/mol. The molecule has 1 aliphatic heterocycles. The van der Waals surface area contributed by atoms with E-state index in [4.69, 9.17) is 5.11 Å². The van der Waals surface area contributed by atoms with E-state index in [0.29, 0.717) is 12.1 Å². The normalized spacial score (nSPS) is 15.3. The van der Waals surface area contributed by atoms with Crippen molar-refractivity contribution in [1.82, 2.24) is 4.90 Å². The molecule has 1 heterocycles. The SMILES string of the molecule is CC(C)(C)c1ccc2c(c1)C(=O)N(CC(=O)O)CC2. The first kappa shape index (κ1) is 13.6. The van der Waals surface area contributed by atoms with Crippen molar-refractivity contribution in [3.8, 4) is 0 Å². The standard InChI is InChI=1S/C15H19NO3/c1-15(2,3)11-5-4-10-6-7-16(9-13(17)18)14(19)12(10)8-11/h4-5,8H,6-7,9H2,1-3H3,(H,17,18). The van der Waals surface area contributed by atoms with Gasteiger partial charge in [0.25, 0.3) is 5.91 Å². The van der Waals surface area contributed by atoms with E-state index in [1.54, 1.807) is 0 Å². The summed E-state index contributed by atoms with van der Waals surface area (Å²) in [6.07, 6.45) is 0.721. The maximum absolute atomic E-state index is 12.3. The van der Waals surface area contributed by atoms with Crippen LogP contribution in [0.2, 0.25) is 0 Å². The number of carboxylic acids is 1. The van der Waals surface area contributed by atoms with Gasteiger partial charge < -0.3 is 10.0 Å². The topological polar surface area (TPSA) is 57.6 Å². The van der Waals surface area contributed by atoms with E-state index in [2.05, 4.69) is 26.8 Å². The summed E-state index contributed by atoms with van der Waals surface area (Å²) in [4.78, 5) is 24.5. The van der Waals surface area contributed by atoms with Crippen LogP contribution < -0.4 is 0 Å². The van der Waals surface area contributed by atoms with Gasteiger partial charge in [-0.25, -0.2) is 0 Å². The lowest BCUT2D eigenvalue weighted by Gasteiger charge is -2.29. The van der Waals surface area contributed by atoms with Crippen molar-refractivity contribution in [2.75, 3.05) is 13.1 Å². The third kappa shape index (κ3) is 2.78. The quantitative estimate of drug-likeness (QED) is 0.886. The van der Waals surface area contributed by atoms with Crippen LogP contribution in [-0.4, -0.2) is 35.0 Å². The minimum Gasteiger partial charge on any atom is -0.480 e. The summed E-state index contributed by atoms with van der Waals surface area (Å²) in [7, 11) is 0. The minimum absolute atomic E-state index is 0.0234. The second-order valence-electron chi connectivity index (χ2n) is 5.99. The number of nitrogens with zero attached hydrogens (tertiary/aromatic N) is 1. The number of carbonyl (C=O) groups excluding carboxylic acids is 1. The van der Waals surface area contributed by atoms with Gasteiger partial charge in [-0.05, 0) is 29.0 Å². The van der Waals surface area contributed by atoms with Gasteiger partial charge in [-0.3, -0.25) is 9.59 Å². The molecule has 4 heteroatoms. The molecule has 0 atom stereocenters. The Morgan fingerprint density at radius 1 is 1.37 bits per heavy atom. The Kier molecular flexibility index (Phi) is 3.35. The monoisotopic (exact) mass is 261 g/mol. The summed E-state index contributed by atoms with van der Waals surface area (Å²) in [5.41, 5.74) is 2.74. The molecule has 0 bridgehead atoms. The Labute approximate surface area is 113 Å². The van der Waals surface area contributed by atoms with Crippen LogP contribution in [-0.2, 0) is 16.6 Å². The smallest absolute Gasteiger partial charge is 0.323 e. The van der Waals surface area contributed by atoms with Crippen LogP contribution >= 0.6 is 0 Å². The lowest BCUT2D eigenvalue weighted by Crippen LogP contribution is -2.41. The van der Waals surface area contributed by atoms with Crippen molar-refractivity contribution in [1.29, 1.82) is 0 Å². The van der Waals surface area contributed by atoms with Gasteiger partial charge in [-0.15, -0.1) is 0 Å². The average Bonchev–Trinajstić information content (AvgIpc) is 2.31. The molecule has 19 heavy (non-hydrogen) atoms. The van der Waals surface area contributed by atoms with E-state index >= 15 is 0 Å². The fraction of sp³-hybridized carbons (Fsp3) is 0.467. The van der Waals surface area contributed by atoms with Crippen LogP contribution in [0.5, 0.6) is 0 Å². The molecule has 0 spiro atoms. The van der Waals surface area contributed by atoms with Crippen molar-refractivity contribution >= 4 is 11.9 Å². The van der Waals surface area contributed by atoms with Crippen LogP contribution in [0.25, 0.3) is 0 Å². The number of benzene rings is 1. The van der Waals surface area contributed by atoms with Crippen molar-refractivity contribution in [2.24, 2.45) is 0 Å². The van der Waals surface area contributed by atoms with Crippen LogP contribution in [0.3, 0.4) is 0 Å². The zero-order valence-electron chi connectivity index (χ0n) is 11.6. The third-order valence-corrected chi connectivity index (χ3v) is 3.47. The molecule has 0 radical (unpaired) electrons. The molecular formula is C15H19NO3. The van der Waals surface area contributed by atoms with Gasteiger partial charge in [-0.1, -0.05) is 32.9 Å². The van der Waals surface area contributed by atoms with E-state index in [0.717, 1.165) is 17.5 Å². The summed E-state index contributed by atoms with van der Waals surface area (Å²) < 4.78 is 0. The first-order chi connectivity index (χ1) is 8.79. The molecule has 0 fully saturated rings. The molecule has 2 rings (SSSR count). The molecule has 0 saturated carbocycles. The number of carboxylic acid groups (broad SMARTS) is 1. The van der Waals surface area contributed by atoms with Crippen LogP contribution in [0.1, 0.15) is 42.3 Å². The molecule has 1 aromatic carbocycles. The minimum atomic E-state index is -0.969. The van der Waals surface area contributed by atoms with Crippen molar-refractivity contribution in [3.63, 3.8) is 0 Å². The van der Waals surface area contributed by atoms with Gasteiger partial charge in [-0.2, -0.15) is 0 Å². The third-order valence-electron chi connectivity index (χ3n) is 3.47. The molecule has 1 aromatic rings. The molecule has 0 unspecified atom stereocenters. The van der Waals surface area contributed by atoms with Crippen LogP contribution in [0.4, 0.5) is 0 Å². The Morgan fingerprint density at radius 2 is 2.05 bits per heavy atom. The Bertz CT molecular complexity index is 529. The lowest BCUT2D eigenvalue weighted by molar-refractivity contribution is -0.137. The average molecular weight is 261 g/mol. The number of amides is 1. The number of hydrogen-bond acceptors (Lipinski definition) is 2. The van der Waals surface area contributed by atoms with Gasteiger partial charge in [0.05, 0.1) is 0 Å². The Hall–Kier alpha value is -1.84. The summed E-state index contributed by atoms with van der Waals surface area (Å²) in [5.74, 6) is -1.14. The van der Waals surface area contributed by atoms with E-state index < -0.39 is 5.97 Å². The van der Waals surface area contributed by atoms with E-state index in [9.17, 15) is 9.59 Å². The molecule has 0 aromatic heterocycles. The second-order valence-corrected chi connectivity index (χ2v) is 5.99. The second kappa shape index (κ2) is 4.68. The Morgan fingerprint density at radius 3 is 2.63 bits per heavy atom. The zero-order valence-corrected chi connectivity index (χ0v) is 11.6.